The van der Waals surface area contributed by atoms with Gasteiger partial charge < -0.3 is 14.6 Å². The van der Waals surface area contributed by atoms with Crippen LogP contribution in [0.25, 0.3) is 11.1 Å². The average molecular weight is 290 g/mol. The van der Waals surface area contributed by atoms with Crippen LogP contribution < -0.4 is 5.32 Å². The molecule has 21 heavy (non-hydrogen) atoms. The van der Waals surface area contributed by atoms with Gasteiger partial charge in [0.2, 0.25) is 0 Å². The Morgan fingerprint density at radius 2 is 2.33 bits per heavy atom. The van der Waals surface area contributed by atoms with Crippen molar-refractivity contribution in [1.29, 1.82) is 0 Å². The van der Waals surface area contributed by atoms with Crippen LogP contribution in [0.3, 0.4) is 0 Å². The van der Waals surface area contributed by atoms with Crippen molar-refractivity contribution in [3.63, 3.8) is 0 Å². The SMILES string of the molecule is CC1CN(C)CCC1Nc1nc2cc([N+](=O)[O-])ccc2o1. The van der Waals surface area contributed by atoms with Gasteiger partial charge in [0, 0.05) is 24.7 Å². The Balaban J connectivity index is 1.80. The van der Waals surface area contributed by atoms with Crippen molar-refractivity contribution in [2.75, 3.05) is 25.5 Å². The fraction of sp³-hybridized carbons (Fsp3) is 0.500. The van der Waals surface area contributed by atoms with Crippen LogP contribution in [0.1, 0.15) is 13.3 Å². The van der Waals surface area contributed by atoms with E-state index in [1.807, 2.05) is 0 Å². The minimum Gasteiger partial charge on any atom is -0.424 e. The molecule has 0 amide bonds. The van der Waals surface area contributed by atoms with Crippen LogP contribution in [0, 0.1) is 16.0 Å². The molecule has 1 aliphatic heterocycles. The van der Waals surface area contributed by atoms with Crippen molar-refractivity contribution in [2.24, 2.45) is 5.92 Å². The molecule has 2 unspecified atom stereocenters. The van der Waals surface area contributed by atoms with Crippen molar-refractivity contribution in [2.45, 2.75) is 19.4 Å². The zero-order chi connectivity index (χ0) is 15.0. The van der Waals surface area contributed by atoms with E-state index in [1.165, 1.54) is 12.1 Å². The highest BCUT2D eigenvalue weighted by Crippen LogP contribution is 2.26. The molecule has 7 nitrogen and oxygen atoms in total. The van der Waals surface area contributed by atoms with Gasteiger partial charge in [-0.3, -0.25) is 10.1 Å². The van der Waals surface area contributed by atoms with Crippen molar-refractivity contribution >= 4 is 22.8 Å². The lowest BCUT2D eigenvalue weighted by Crippen LogP contribution is -2.43. The zero-order valence-electron chi connectivity index (χ0n) is 12.1. The second-order valence-electron chi connectivity index (χ2n) is 5.71. The molecule has 0 aliphatic carbocycles. The van der Waals surface area contributed by atoms with Crippen LogP contribution in [-0.4, -0.2) is 41.0 Å². The van der Waals surface area contributed by atoms with Crippen LogP contribution >= 0.6 is 0 Å². The summed E-state index contributed by atoms with van der Waals surface area (Å²) in [6, 6.07) is 5.19. The van der Waals surface area contributed by atoms with E-state index in [2.05, 4.69) is 29.2 Å². The van der Waals surface area contributed by atoms with E-state index in [9.17, 15) is 10.1 Å². The number of anilines is 1. The monoisotopic (exact) mass is 290 g/mol. The van der Waals surface area contributed by atoms with E-state index >= 15 is 0 Å². The van der Waals surface area contributed by atoms with E-state index in [0.717, 1.165) is 19.5 Å². The maximum Gasteiger partial charge on any atom is 0.295 e. The lowest BCUT2D eigenvalue weighted by atomic mass is 9.94. The Kier molecular flexibility index (Phi) is 3.50. The number of oxazole rings is 1. The summed E-state index contributed by atoms with van der Waals surface area (Å²) in [5.74, 6) is 0.494. The molecule has 1 aliphatic rings. The van der Waals surface area contributed by atoms with Gasteiger partial charge in [0.1, 0.15) is 5.52 Å². The Bertz CT molecular complexity index is 669. The first-order chi connectivity index (χ1) is 10.0. The summed E-state index contributed by atoms with van der Waals surface area (Å²) in [6.07, 6.45) is 1.02. The van der Waals surface area contributed by atoms with Crippen molar-refractivity contribution in [3.8, 4) is 0 Å². The lowest BCUT2D eigenvalue weighted by molar-refractivity contribution is -0.384. The Morgan fingerprint density at radius 3 is 3.05 bits per heavy atom. The van der Waals surface area contributed by atoms with Gasteiger partial charge in [-0.2, -0.15) is 4.98 Å². The predicted molar refractivity (Wildman–Crippen MR) is 79.4 cm³/mol. The molecule has 0 radical (unpaired) electrons. The standard InChI is InChI=1S/C14H18N4O3/c1-9-8-17(2)6-5-11(9)15-14-16-12-7-10(18(19)20)3-4-13(12)21-14/h3-4,7,9,11H,5-6,8H2,1-2H3,(H,15,16). The smallest absolute Gasteiger partial charge is 0.295 e. The van der Waals surface area contributed by atoms with Crippen molar-refractivity contribution in [1.82, 2.24) is 9.88 Å². The van der Waals surface area contributed by atoms with Gasteiger partial charge in [-0.1, -0.05) is 6.92 Å². The predicted octanol–water partition coefficient (Wildman–Crippen LogP) is 2.49. The molecular formula is C14H18N4O3. The number of non-ortho nitro benzene ring substituents is 1. The fourth-order valence-corrected chi connectivity index (χ4v) is 2.82. The third-order valence-electron chi connectivity index (χ3n) is 4.00. The summed E-state index contributed by atoms with van der Waals surface area (Å²) in [4.78, 5) is 16.9. The normalized spacial score (nSPS) is 23.3. The number of nitro groups is 1. The largest absolute Gasteiger partial charge is 0.424 e. The first kappa shape index (κ1) is 13.8. The number of piperidine rings is 1. The van der Waals surface area contributed by atoms with Gasteiger partial charge in [-0.05, 0) is 32.0 Å². The molecule has 1 aromatic heterocycles. The summed E-state index contributed by atoms with van der Waals surface area (Å²) in [5.41, 5.74) is 1.09. The molecule has 0 spiro atoms. The molecule has 1 fully saturated rings. The van der Waals surface area contributed by atoms with Crippen molar-refractivity contribution < 1.29 is 9.34 Å². The number of hydrogen-bond donors (Lipinski definition) is 1. The molecule has 0 saturated carbocycles. The van der Waals surface area contributed by atoms with Crippen LogP contribution in [0.2, 0.25) is 0 Å². The third kappa shape index (κ3) is 2.82. The van der Waals surface area contributed by atoms with E-state index in [1.54, 1.807) is 6.07 Å². The molecule has 3 rings (SSSR count). The summed E-state index contributed by atoms with van der Waals surface area (Å²) in [7, 11) is 2.12. The number of nitrogens with one attached hydrogen (secondary N) is 1. The van der Waals surface area contributed by atoms with E-state index < -0.39 is 4.92 Å². The number of benzene rings is 1. The van der Waals surface area contributed by atoms with Crippen molar-refractivity contribution in [3.05, 3.63) is 28.3 Å². The number of rotatable bonds is 3. The number of nitro benzene ring substituents is 1. The highest BCUT2D eigenvalue weighted by molar-refractivity contribution is 5.77. The second kappa shape index (κ2) is 5.33. The Labute approximate surface area is 122 Å². The van der Waals surface area contributed by atoms with Gasteiger partial charge >= 0.3 is 0 Å². The van der Waals surface area contributed by atoms with E-state index in [4.69, 9.17) is 4.42 Å². The number of nitrogens with zero attached hydrogens (tertiary/aromatic N) is 3. The minimum absolute atomic E-state index is 0.0232. The molecule has 2 aromatic rings. The number of fused-ring (bicyclic) bond motifs is 1. The van der Waals surface area contributed by atoms with Gasteiger partial charge in [0.05, 0.1) is 4.92 Å². The zero-order valence-corrected chi connectivity index (χ0v) is 12.1. The Hall–Kier alpha value is -2.15. The topological polar surface area (TPSA) is 84.4 Å². The number of likely N-dealkylation sites (tertiary alicyclic amines) is 1. The van der Waals surface area contributed by atoms with Gasteiger partial charge in [-0.15, -0.1) is 0 Å². The third-order valence-corrected chi connectivity index (χ3v) is 4.00. The average Bonchev–Trinajstić information content (AvgIpc) is 2.83. The summed E-state index contributed by atoms with van der Waals surface area (Å²) in [5, 5.41) is 14.1. The quantitative estimate of drug-likeness (QED) is 0.690. The minimum atomic E-state index is -0.430. The van der Waals surface area contributed by atoms with Crippen LogP contribution in [0.4, 0.5) is 11.7 Å². The van der Waals surface area contributed by atoms with Gasteiger partial charge in [0.15, 0.2) is 5.58 Å². The molecule has 7 heteroatoms. The highest BCUT2D eigenvalue weighted by Gasteiger charge is 2.25. The van der Waals surface area contributed by atoms with Gasteiger partial charge in [-0.25, -0.2) is 0 Å². The molecule has 1 N–H and O–H groups in total. The summed E-state index contributed by atoms with van der Waals surface area (Å²) < 4.78 is 5.62. The highest BCUT2D eigenvalue weighted by atomic mass is 16.6. The maximum absolute atomic E-state index is 10.8. The first-order valence-electron chi connectivity index (χ1n) is 7.03. The second-order valence-corrected chi connectivity index (χ2v) is 5.71. The van der Waals surface area contributed by atoms with Gasteiger partial charge in [0.25, 0.3) is 11.7 Å². The molecule has 1 aromatic carbocycles. The Morgan fingerprint density at radius 1 is 1.52 bits per heavy atom. The molecule has 2 heterocycles. The fourth-order valence-electron chi connectivity index (χ4n) is 2.82. The first-order valence-corrected chi connectivity index (χ1v) is 7.03. The number of hydrogen-bond acceptors (Lipinski definition) is 6. The van der Waals surface area contributed by atoms with Crippen LogP contribution in [0.5, 0.6) is 0 Å². The summed E-state index contributed by atoms with van der Waals surface area (Å²) in [6.45, 7) is 4.26. The maximum atomic E-state index is 10.8. The van der Waals surface area contributed by atoms with E-state index in [-0.39, 0.29) is 5.69 Å². The van der Waals surface area contributed by atoms with Crippen LogP contribution in [-0.2, 0) is 0 Å². The molecule has 1 saturated heterocycles. The number of aromatic nitrogens is 1. The molecule has 2 atom stereocenters. The van der Waals surface area contributed by atoms with E-state index in [0.29, 0.717) is 29.1 Å². The molecule has 112 valence electrons. The molecule has 0 bridgehead atoms. The van der Waals surface area contributed by atoms with Crippen LogP contribution in [0.15, 0.2) is 22.6 Å². The lowest BCUT2D eigenvalue weighted by Gasteiger charge is -2.34. The molecular weight excluding hydrogens is 272 g/mol. The summed E-state index contributed by atoms with van der Waals surface area (Å²) >= 11 is 0.